The molecule has 0 saturated carbocycles. The van der Waals surface area contributed by atoms with Gasteiger partial charge < -0.3 is 14.9 Å². The minimum Gasteiger partial charge on any atom is -0.486 e. The van der Waals surface area contributed by atoms with Crippen molar-refractivity contribution in [2.45, 2.75) is 6.61 Å². The Hall–Kier alpha value is -2.21. The third-order valence-corrected chi connectivity index (χ3v) is 3.35. The minimum absolute atomic E-state index is 0.431. The number of anilines is 1. The fraction of sp³-hybridized carbons (Fsp3) is 0.0833. The number of nitrogen functional groups attached to an aromatic ring is 1. The number of fused-ring (bicyclic) bond motifs is 1. The van der Waals surface area contributed by atoms with E-state index in [2.05, 4.69) is 4.98 Å². The van der Waals surface area contributed by atoms with Crippen molar-refractivity contribution < 1.29 is 9.15 Å². The van der Waals surface area contributed by atoms with Gasteiger partial charge in [-0.1, -0.05) is 6.07 Å². The zero-order chi connectivity index (χ0) is 12.5. The number of aromatic amines is 1. The summed E-state index contributed by atoms with van der Waals surface area (Å²) in [4.78, 5) is 14.7. The Labute approximate surface area is 106 Å². The average Bonchev–Trinajstić information content (AvgIpc) is 2.94. The van der Waals surface area contributed by atoms with Gasteiger partial charge in [0.05, 0.1) is 11.2 Å². The molecule has 0 amide bonds. The summed E-state index contributed by atoms with van der Waals surface area (Å²) in [6.45, 7) is 0.454. The Morgan fingerprint density at radius 1 is 1.44 bits per heavy atom. The number of hydrogen-bond donors (Lipinski definition) is 2. The van der Waals surface area contributed by atoms with Gasteiger partial charge in [-0.25, -0.2) is 4.79 Å². The second-order valence-corrected chi connectivity index (χ2v) is 4.80. The molecule has 2 aromatic heterocycles. The number of rotatable bonds is 3. The highest BCUT2D eigenvalue weighted by Crippen LogP contribution is 2.27. The highest BCUT2D eigenvalue weighted by atomic mass is 32.1. The highest BCUT2D eigenvalue weighted by molar-refractivity contribution is 7.09. The summed E-state index contributed by atoms with van der Waals surface area (Å²) in [5.74, 6) is 0.0350. The molecule has 18 heavy (non-hydrogen) atoms. The molecule has 0 unspecified atom stereocenters. The molecule has 6 heteroatoms. The number of benzene rings is 1. The molecule has 0 aliphatic heterocycles. The Bertz CT molecular complexity index is 727. The predicted octanol–water partition coefficient (Wildman–Crippen LogP) is 2.34. The molecule has 0 aliphatic rings. The first-order valence-corrected chi connectivity index (χ1v) is 6.18. The van der Waals surface area contributed by atoms with Crippen molar-refractivity contribution in [2.24, 2.45) is 0 Å². The molecule has 3 N–H and O–H groups in total. The number of oxazole rings is 1. The second kappa shape index (κ2) is 4.23. The van der Waals surface area contributed by atoms with Gasteiger partial charge in [0, 0.05) is 17.0 Å². The molecule has 0 atom stereocenters. The standard InChI is InChI=1S/C12H10N2O3S/c13-8-4-11-9(14-12(15)17-11)5-10(8)16-6-7-2-1-3-18-7/h1-5H,6,13H2,(H,14,15). The topological polar surface area (TPSA) is 81.2 Å². The molecule has 5 nitrogen and oxygen atoms in total. The van der Waals surface area contributed by atoms with Crippen LogP contribution in [0.15, 0.2) is 38.9 Å². The van der Waals surface area contributed by atoms with Crippen LogP contribution in [0.4, 0.5) is 5.69 Å². The van der Waals surface area contributed by atoms with Crippen LogP contribution in [0.3, 0.4) is 0 Å². The molecular weight excluding hydrogens is 252 g/mol. The highest BCUT2D eigenvalue weighted by Gasteiger charge is 2.08. The maximum absolute atomic E-state index is 11.1. The fourth-order valence-electron chi connectivity index (χ4n) is 1.66. The van der Waals surface area contributed by atoms with E-state index in [0.717, 1.165) is 4.88 Å². The van der Waals surface area contributed by atoms with Crippen molar-refractivity contribution >= 4 is 28.1 Å². The van der Waals surface area contributed by atoms with Crippen molar-refractivity contribution in [1.29, 1.82) is 0 Å². The van der Waals surface area contributed by atoms with Crippen LogP contribution in [-0.4, -0.2) is 4.98 Å². The first-order chi connectivity index (χ1) is 8.72. The van der Waals surface area contributed by atoms with Crippen LogP contribution in [0.25, 0.3) is 11.1 Å². The first kappa shape index (κ1) is 10.9. The number of thiophene rings is 1. The van der Waals surface area contributed by atoms with Gasteiger partial charge in [0.2, 0.25) is 0 Å². The van der Waals surface area contributed by atoms with E-state index in [-0.39, 0.29) is 0 Å². The van der Waals surface area contributed by atoms with Crippen LogP contribution in [0.5, 0.6) is 5.75 Å². The van der Waals surface area contributed by atoms with Crippen molar-refractivity contribution in [3.8, 4) is 5.75 Å². The summed E-state index contributed by atoms with van der Waals surface area (Å²) in [7, 11) is 0. The molecule has 3 rings (SSSR count). The van der Waals surface area contributed by atoms with Gasteiger partial charge in [0.1, 0.15) is 12.4 Å². The lowest BCUT2D eigenvalue weighted by Crippen LogP contribution is -1.97. The molecule has 0 saturated heterocycles. The van der Waals surface area contributed by atoms with Gasteiger partial charge in [0.25, 0.3) is 0 Å². The largest absolute Gasteiger partial charge is 0.486 e. The van der Waals surface area contributed by atoms with Crippen LogP contribution in [0.1, 0.15) is 4.88 Å². The van der Waals surface area contributed by atoms with E-state index < -0.39 is 5.76 Å². The van der Waals surface area contributed by atoms with Gasteiger partial charge in [-0.3, -0.25) is 4.98 Å². The summed E-state index contributed by atoms with van der Waals surface area (Å²) < 4.78 is 10.5. The quantitative estimate of drug-likeness (QED) is 0.710. The normalized spacial score (nSPS) is 10.9. The zero-order valence-electron chi connectivity index (χ0n) is 9.30. The third-order valence-electron chi connectivity index (χ3n) is 2.50. The number of H-pyrrole nitrogens is 1. The van der Waals surface area contributed by atoms with Gasteiger partial charge in [-0.15, -0.1) is 11.3 Å². The van der Waals surface area contributed by atoms with Crippen molar-refractivity contribution in [2.75, 3.05) is 5.73 Å². The zero-order valence-corrected chi connectivity index (χ0v) is 10.1. The third kappa shape index (κ3) is 1.98. The summed E-state index contributed by atoms with van der Waals surface area (Å²) >= 11 is 1.61. The van der Waals surface area contributed by atoms with E-state index in [9.17, 15) is 4.79 Å². The van der Waals surface area contributed by atoms with Crippen LogP contribution < -0.4 is 16.2 Å². The van der Waals surface area contributed by atoms with E-state index in [4.69, 9.17) is 14.9 Å². The smallest absolute Gasteiger partial charge is 0.417 e. The Morgan fingerprint density at radius 3 is 3.11 bits per heavy atom. The van der Waals surface area contributed by atoms with Crippen LogP contribution >= 0.6 is 11.3 Å². The van der Waals surface area contributed by atoms with Gasteiger partial charge in [0.15, 0.2) is 5.58 Å². The molecule has 92 valence electrons. The fourth-order valence-corrected chi connectivity index (χ4v) is 2.28. The lowest BCUT2D eigenvalue weighted by Gasteiger charge is -2.07. The summed E-state index contributed by atoms with van der Waals surface area (Å²) in [6.07, 6.45) is 0. The molecule has 0 radical (unpaired) electrons. The van der Waals surface area contributed by atoms with Gasteiger partial charge in [-0.05, 0) is 11.4 Å². The van der Waals surface area contributed by atoms with Gasteiger partial charge in [-0.2, -0.15) is 0 Å². The average molecular weight is 262 g/mol. The molecule has 2 heterocycles. The molecule has 1 aromatic carbocycles. The summed E-state index contributed by atoms with van der Waals surface area (Å²) in [5.41, 5.74) is 7.29. The second-order valence-electron chi connectivity index (χ2n) is 3.77. The minimum atomic E-state index is -0.500. The molecule has 3 aromatic rings. The van der Waals surface area contributed by atoms with E-state index >= 15 is 0 Å². The molecule has 0 fully saturated rings. The number of nitrogens with two attached hydrogens (primary N) is 1. The van der Waals surface area contributed by atoms with E-state index in [1.54, 1.807) is 23.5 Å². The molecular formula is C12H10N2O3S. The van der Waals surface area contributed by atoms with Crippen LogP contribution in [-0.2, 0) is 6.61 Å². The summed E-state index contributed by atoms with van der Waals surface area (Å²) in [5, 5.41) is 1.98. The monoisotopic (exact) mass is 262 g/mol. The number of hydrogen-bond acceptors (Lipinski definition) is 5. The number of ether oxygens (including phenoxy) is 1. The predicted molar refractivity (Wildman–Crippen MR) is 69.9 cm³/mol. The maximum atomic E-state index is 11.1. The Morgan fingerprint density at radius 2 is 2.33 bits per heavy atom. The number of nitrogens with one attached hydrogen (secondary N) is 1. The van der Waals surface area contributed by atoms with Crippen molar-refractivity contribution in [3.63, 3.8) is 0 Å². The lowest BCUT2D eigenvalue weighted by molar-refractivity contribution is 0.312. The summed E-state index contributed by atoms with van der Waals surface area (Å²) in [6, 6.07) is 7.20. The van der Waals surface area contributed by atoms with Gasteiger partial charge >= 0.3 is 5.76 Å². The molecule has 0 spiro atoms. The van der Waals surface area contributed by atoms with Crippen LogP contribution in [0.2, 0.25) is 0 Å². The Kier molecular flexibility index (Phi) is 2.56. The van der Waals surface area contributed by atoms with E-state index in [1.807, 2.05) is 17.5 Å². The molecule has 0 bridgehead atoms. The molecule has 0 aliphatic carbocycles. The lowest BCUT2D eigenvalue weighted by atomic mass is 10.2. The van der Waals surface area contributed by atoms with E-state index in [0.29, 0.717) is 29.1 Å². The van der Waals surface area contributed by atoms with E-state index in [1.165, 1.54) is 0 Å². The van der Waals surface area contributed by atoms with Crippen molar-refractivity contribution in [3.05, 3.63) is 45.1 Å². The Balaban J connectivity index is 1.91. The van der Waals surface area contributed by atoms with Crippen LogP contribution in [0, 0.1) is 0 Å². The maximum Gasteiger partial charge on any atom is 0.417 e. The SMILES string of the molecule is Nc1cc2oc(=O)[nH]c2cc1OCc1cccs1. The first-order valence-electron chi connectivity index (χ1n) is 5.30. The van der Waals surface area contributed by atoms with Crippen molar-refractivity contribution in [1.82, 2.24) is 4.98 Å². The number of aromatic nitrogens is 1.